The first kappa shape index (κ1) is 11.9. The first-order chi connectivity index (χ1) is 7.11. The van der Waals surface area contributed by atoms with Crippen molar-refractivity contribution < 1.29 is 13.9 Å². The molecule has 0 saturated heterocycles. The van der Waals surface area contributed by atoms with Gasteiger partial charge in [0.2, 0.25) is 0 Å². The maximum atomic E-state index is 13.6. The van der Waals surface area contributed by atoms with Crippen LogP contribution in [-0.4, -0.2) is 26.5 Å². The summed E-state index contributed by atoms with van der Waals surface area (Å²) in [5.74, 6) is -1.11. The standard InChI is InChI=1S/C10H11ClFNO2/c1-13-5-7(14)9-6(11)3-4-8(15-2)10(9)12/h3-4,13H,5H2,1-2H3. The van der Waals surface area contributed by atoms with Crippen LogP contribution in [0.5, 0.6) is 5.75 Å². The van der Waals surface area contributed by atoms with Gasteiger partial charge in [0.15, 0.2) is 17.3 Å². The predicted molar refractivity (Wildman–Crippen MR) is 56.2 cm³/mol. The highest BCUT2D eigenvalue weighted by Crippen LogP contribution is 2.27. The van der Waals surface area contributed by atoms with Gasteiger partial charge in [-0.15, -0.1) is 0 Å². The maximum absolute atomic E-state index is 13.6. The number of halogens is 2. The molecule has 0 aromatic heterocycles. The SMILES string of the molecule is CNCC(=O)c1c(Cl)ccc(OC)c1F. The van der Waals surface area contributed by atoms with Crippen molar-refractivity contribution in [2.24, 2.45) is 0 Å². The number of ether oxygens (including phenoxy) is 1. The molecule has 0 saturated carbocycles. The lowest BCUT2D eigenvalue weighted by Crippen LogP contribution is -2.20. The summed E-state index contributed by atoms with van der Waals surface area (Å²) < 4.78 is 18.4. The van der Waals surface area contributed by atoms with Crippen LogP contribution in [0.1, 0.15) is 10.4 Å². The molecule has 5 heteroatoms. The molecular weight excluding hydrogens is 221 g/mol. The summed E-state index contributed by atoms with van der Waals surface area (Å²) in [5.41, 5.74) is -0.134. The topological polar surface area (TPSA) is 38.3 Å². The quantitative estimate of drug-likeness (QED) is 0.805. The van der Waals surface area contributed by atoms with E-state index < -0.39 is 11.6 Å². The second-order valence-electron chi connectivity index (χ2n) is 2.89. The van der Waals surface area contributed by atoms with Crippen LogP contribution in [0.4, 0.5) is 4.39 Å². The molecule has 1 aromatic carbocycles. The Hall–Kier alpha value is -1.13. The molecule has 0 amide bonds. The molecule has 0 radical (unpaired) electrons. The predicted octanol–water partition coefficient (Wildman–Crippen LogP) is 1.89. The summed E-state index contributed by atoms with van der Waals surface area (Å²) in [6, 6.07) is 2.82. The second kappa shape index (κ2) is 5.09. The summed E-state index contributed by atoms with van der Waals surface area (Å²) in [7, 11) is 2.93. The number of Topliss-reactive ketones (excluding diaryl/α,β-unsaturated/α-hetero) is 1. The van der Waals surface area contributed by atoms with E-state index in [0.717, 1.165) is 0 Å². The van der Waals surface area contributed by atoms with E-state index in [4.69, 9.17) is 16.3 Å². The van der Waals surface area contributed by atoms with E-state index in [0.29, 0.717) is 0 Å². The van der Waals surface area contributed by atoms with Crippen molar-refractivity contribution in [2.45, 2.75) is 0 Å². The Balaban J connectivity index is 3.20. The molecule has 3 nitrogen and oxygen atoms in total. The number of ketones is 1. The molecule has 0 fully saturated rings. The van der Waals surface area contributed by atoms with Gasteiger partial charge in [-0.1, -0.05) is 11.6 Å². The molecule has 0 aliphatic carbocycles. The third-order valence-corrected chi connectivity index (χ3v) is 2.21. The van der Waals surface area contributed by atoms with Gasteiger partial charge < -0.3 is 10.1 Å². The number of carbonyl (C=O) groups excluding carboxylic acids is 1. The molecule has 1 aromatic rings. The molecule has 0 spiro atoms. The molecule has 1 N–H and O–H groups in total. The molecule has 82 valence electrons. The van der Waals surface area contributed by atoms with Crippen LogP contribution in [0.15, 0.2) is 12.1 Å². The Kier molecular flexibility index (Phi) is 4.05. The molecule has 1 rings (SSSR count). The monoisotopic (exact) mass is 231 g/mol. The van der Waals surface area contributed by atoms with Crippen LogP contribution in [0.25, 0.3) is 0 Å². The van der Waals surface area contributed by atoms with Crippen molar-refractivity contribution >= 4 is 17.4 Å². The first-order valence-corrected chi connectivity index (χ1v) is 4.69. The molecule has 0 aliphatic heterocycles. The normalized spacial score (nSPS) is 10.1. The summed E-state index contributed by atoms with van der Waals surface area (Å²) in [4.78, 5) is 11.5. The number of hydrogen-bond donors (Lipinski definition) is 1. The fourth-order valence-electron chi connectivity index (χ4n) is 1.20. The van der Waals surface area contributed by atoms with E-state index in [2.05, 4.69) is 5.32 Å². The number of methoxy groups -OCH3 is 1. The Morgan fingerprint density at radius 3 is 2.80 bits per heavy atom. The highest BCUT2D eigenvalue weighted by Gasteiger charge is 2.18. The highest BCUT2D eigenvalue weighted by atomic mass is 35.5. The van der Waals surface area contributed by atoms with Gasteiger partial charge >= 0.3 is 0 Å². The zero-order valence-corrected chi connectivity index (χ0v) is 9.19. The van der Waals surface area contributed by atoms with Crippen molar-refractivity contribution in [1.29, 1.82) is 0 Å². The molecule has 0 aliphatic rings. The van der Waals surface area contributed by atoms with E-state index in [9.17, 15) is 9.18 Å². The summed E-state index contributed by atoms with van der Waals surface area (Å²) in [6.07, 6.45) is 0. The van der Waals surface area contributed by atoms with Crippen molar-refractivity contribution in [1.82, 2.24) is 5.32 Å². The number of nitrogens with one attached hydrogen (secondary N) is 1. The summed E-state index contributed by atoms with van der Waals surface area (Å²) in [5, 5.41) is 2.73. The lowest BCUT2D eigenvalue weighted by molar-refractivity contribution is 0.0989. The second-order valence-corrected chi connectivity index (χ2v) is 3.30. The molecule has 0 heterocycles. The number of carbonyl (C=O) groups is 1. The van der Waals surface area contributed by atoms with E-state index in [-0.39, 0.29) is 22.9 Å². The van der Waals surface area contributed by atoms with Crippen LogP contribution >= 0.6 is 11.6 Å². The van der Waals surface area contributed by atoms with Crippen molar-refractivity contribution in [3.05, 3.63) is 28.5 Å². The van der Waals surface area contributed by atoms with Crippen LogP contribution in [-0.2, 0) is 0 Å². The Labute approximate surface area is 92.2 Å². The zero-order valence-electron chi connectivity index (χ0n) is 8.43. The van der Waals surface area contributed by atoms with Crippen LogP contribution in [0.2, 0.25) is 5.02 Å². The number of likely N-dealkylation sites (N-methyl/N-ethyl adjacent to an activating group) is 1. The third-order valence-electron chi connectivity index (χ3n) is 1.89. The fraction of sp³-hybridized carbons (Fsp3) is 0.300. The van der Waals surface area contributed by atoms with Crippen LogP contribution < -0.4 is 10.1 Å². The summed E-state index contributed by atoms with van der Waals surface area (Å²) in [6.45, 7) is 0.0316. The van der Waals surface area contributed by atoms with Crippen molar-refractivity contribution in [3.8, 4) is 5.75 Å². The largest absolute Gasteiger partial charge is 0.494 e. The molecule has 0 atom stereocenters. The zero-order chi connectivity index (χ0) is 11.4. The number of benzene rings is 1. The van der Waals surface area contributed by atoms with Crippen molar-refractivity contribution in [2.75, 3.05) is 20.7 Å². The van der Waals surface area contributed by atoms with Gasteiger partial charge in [0.25, 0.3) is 0 Å². The number of hydrogen-bond acceptors (Lipinski definition) is 3. The van der Waals surface area contributed by atoms with Crippen LogP contribution in [0, 0.1) is 5.82 Å². The fourth-order valence-corrected chi connectivity index (χ4v) is 1.45. The van der Waals surface area contributed by atoms with Crippen molar-refractivity contribution in [3.63, 3.8) is 0 Å². The van der Waals surface area contributed by atoms with Gasteiger partial charge in [0.05, 0.1) is 24.2 Å². The molecule has 15 heavy (non-hydrogen) atoms. The highest BCUT2D eigenvalue weighted by molar-refractivity contribution is 6.34. The van der Waals surface area contributed by atoms with Gasteiger partial charge in [0, 0.05) is 0 Å². The van der Waals surface area contributed by atoms with E-state index >= 15 is 0 Å². The molecule has 0 unspecified atom stereocenters. The Morgan fingerprint density at radius 2 is 2.27 bits per heavy atom. The minimum Gasteiger partial charge on any atom is -0.494 e. The van der Waals surface area contributed by atoms with E-state index in [1.165, 1.54) is 19.2 Å². The van der Waals surface area contributed by atoms with E-state index in [1.807, 2.05) is 0 Å². The first-order valence-electron chi connectivity index (χ1n) is 4.31. The van der Waals surface area contributed by atoms with Gasteiger partial charge in [-0.2, -0.15) is 0 Å². The smallest absolute Gasteiger partial charge is 0.181 e. The van der Waals surface area contributed by atoms with Gasteiger partial charge in [-0.25, -0.2) is 4.39 Å². The molecule has 0 bridgehead atoms. The average Bonchev–Trinajstić information content (AvgIpc) is 2.18. The minimum absolute atomic E-state index is 0.0128. The maximum Gasteiger partial charge on any atom is 0.181 e. The molecular formula is C10H11ClFNO2. The lowest BCUT2D eigenvalue weighted by atomic mass is 10.1. The minimum atomic E-state index is -0.717. The summed E-state index contributed by atoms with van der Waals surface area (Å²) >= 11 is 5.74. The Bertz CT molecular complexity index is 382. The third kappa shape index (κ3) is 2.46. The average molecular weight is 232 g/mol. The lowest BCUT2D eigenvalue weighted by Gasteiger charge is -2.08. The van der Waals surface area contributed by atoms with E-state index in [1.54, 1.807) is 7.05 Å². The van der Waals surface area contributed by atoms with Gasteiger partial charge in [-0.3, -0.25) is 4.79 Å². The van der Waals surface area contributed by atoms with Crippen LogP contribution in [0.3, 0.4) is 0 Å². The number of rotatable bonds is 4. The Morgan fingerprint density at radius 1 is 1.60 bits per heavy atom. The van der Waals surface area contributed by atoms with Gasteiger partial charge in [0.1, 0.15) is 0 Å². The van der Waals surface area contributed by atoms with Gasteiger partial charge in [-0.05, 0) is 19.2 Å².